The number of carbonyl (C=O) groups is 1. The number of rotatable bonds is 8. The molecule has 2 aliphatic rings. The second kappa shape index (κ2) is 8.93. The number of aryl methyl sites for hydroxylation is 1. The molecule has 0 radical (unpaired) electrons. The molecule has 1 amide bonds. The van der Waals surface area contributed by atoms with Gasteiger partial charge in [-0.3, -0.25) is 9.69 Å². The maximum absolute atomic E-state index is 13.3. The summed E-state index contributed by atoms with van der Waals surface area (Å²) < 4.78 is 28.5. The molecule has 3 rings (SSSR count). The molecule has 0 bridgehead atoms. The monoisotopic (exact) mass is 407 g/mol. The van der Waals surface area contributed by atoms with Crippen molar-refractivity contribution in [2.45, 2.75) is 63.4 Å². The third-order valence-electron chi connectivity index (χ3n) is 5.86. The van der Waals surface area contributed by atoms with E-state index < -0.39 is 10.0 Å². The zero-order valence-electron chi connectivity index (χ0n) is 17.3. The Morgan fingerprint density at radius 3 is 2.21 bits per heavy atom. The van der Waals surface area contributed by atoms with Crippen molar-refractivity contribution < 1.29 is 13.2 Å². The zero-order valence-corrected chi connectivity index (χ0v) is 18.1. The third kappa shape index (κ3) is 4.75. The van der Waals surface area contributed by atoms with E-state index in [-0.39, 0.29) is 18.0 Å². The number of likely N-dealkylation sites (N-methyl/N-ethyl adjacent to an activating group) is 1. The second-order valence-corrected chi connectivity index (χ2v) is 9.80. The lowest BCUT2D eigenvalue weighted by Gasteiger charge is -2.38. The topological polar surface area (TPSA) is 60.9 Å². The summed E-state index contributed by atoms with van der Waals surface area (Å²) in [6.45, 7) is 9.35. The summed E-state index contributed by atoms with van der Waals surface area (Å²) in [5.41, 5.74) is 0.960. The van der Waals surface area contributed by atoms with E-state index in [4.69, 9.17) is 0 Å². The number of nitrogens with zero attached hydrogens (tertiary/aromatic N) is 3. The molecule has 7 heteroatoms. The predicted octanol–water partition coefficient (Wildman–Crippen LogP) is 2.48. The van der Waals surface area contributed by atoms with E-state index in [0.717, 1.165) is 57.4 Å². The van der Waals surface area contributed by atoms with Gasteiger partial charge in [0.05, 0.1) is 11.4 Å². The number of sulfonamides is 1. The van der Waals surface area contributed by atoms with Crippen molar-refractivity contribution in [3.05, 3.63) is 29.8 Å². The van der Waals surface area contributed by atoms with Crippen molar-refractivity contribution in [1.29, 1.82) is 0 Å². The van der Waals surface area contributed by atoms with Gasteiger partial charge in [-0.05, 0) is 64.2 Å². The minimum absolute atomic E-state index is 0.0258. The van der Waals surface area contributed by atoms with Crippen molar-refractivity contribution in [3.8, 4) is 0 Å². The van der Waals surface area contributed by atoms with E-state index in [9.17, 15) is 13.2 Å². The molecule has 0 atom stereocenters. The number of likely N-dealkylation sites (tertiary alicyclic amines) is 1. The van der Waals surface area contributed by atoms with Crippen molar-refractivity contribution in [2.75, 3.05) is 32.7 Å². The molecule has 1 saturated heterocycles. The smallest absolute Gasteiger partial charge is 0.243 e. The highest BCUT2D eigenvalue weighted by atomic mass is 32.2. The molecule has 0 N–H and O–H groups in total. The third-order valence-corrected chi connectivity index (χ3v) is 7.86. The molecule has 28 heavy (non-hydrogen) atoms. The first kappa shape index (κ1) is 21.3. The van der Waals surface area contributed by atoms with Gasteiger partial charge in [0.25, 0.3) is 0 Å². The first-order chi connectivity index (χ1) is 13.4. The van der Waals surface area contributed by atoms with Crippen LogP contribution in [-0.2, 0) is 14.8 Å². The average Bonchev–Trinajstić information content (AvgIpc) is 3.49. The first-order valence-corrected chi connectivity index (χ1v) is 11.9. The highest BCUT2D eigenvalue weighted by Crippen LogP contribution is 2.36. The van der Waals surface area contributed by atoms with E-state index in [0.29, 0.717) is 11.4 Å². The molecule has 1 aromatic carbocycles. The lowest BCUT2D eigenvalue weighted by Crippen LogP contribution is -2.50. The molecule has 1 aliphatic carbocycles. The summed E-state index contributed by atoms with van der Waals surface area (Å²) in [4.78, 5) is 16.8. The SMILES string of the molecule is CCN(CC)C(=O)CN1CCC(N(C2CC2)S(=O)(=O)c2cccc(C)c2)CC1. The minimum Gasteiger partial charge on any atom is -0.342 e. The summed E-state index contributed by atoms with van der Waals surface area (Å²) >= 11 is 0. The maximum atomic E-state index is 13.3. The van der Waals surface area contributed by atoms with Gasteiger partial charge in [0.1, 0.15) is 0 Å². The number of benzene rings is 1. The Morgan fingerprint density at radius 2 is 1.68 bits per heavy atom. The Labute approximate surface area is 169 Å². The number of hydrogen-bond acceptors (Lipinski definition) is 4. The molecule has 6 nitrogen and oxygen atoms in total. The van der Waals surface area contributed by atoms with Crippen LogP contribution in [-0.4, -0.2) is 73.2 Å². The van der Waals surface area contributed by atoms with Crippen LogP contribution in [0.3, 0.4) is 0 Å². The average molecular weight is 408 g/mol. The number of amides is 1. The lowest BCUT2D eigenvalue weighted by molar-refractivity contribution is -0.132. The van der Waals surface area contributed by atoms with Gasteiger partial charge in [-0.25, -0.2) is 8.42 Å². The van der Waals surface area contributed by atoms with Crippen molar-refractivity contribution in [2.24, 2.45) is 0 Å². The largest absolute Gasteiger partial charge is 0.342 e. The standard InChI is InChI=1S/C21H33N3O3S/c1-4-23(5-2)21(25)16-22-13-11-19(12-14-22)24(18-9-10-18)28(26,27)20-8-6-7-17(3)15-20/h6-8,15,18-19H,4-5,9-14,16H2,1-3H3. The van der Waals surface area contributed by atoms with Crippen molar-refractivity contribution in [1.82, 2.24) is 14.1 Å². The van der Waals surface area contributed by atoms with Crippen LogP contribution in [0.4, 0.5) is 0 Å². The fraction of sp³-hybridized carbons (Fsp3) is 0.667. The Hall–Kier alpha value is -1.44. The Bertz CT molecular complexity index is 780. The van der Waals surface area contributed by atoms with Crippen molar-refractivity contribution >= 4 is 15.9 Å². The van der Waals surface area contributed by atoms with Crippen molar-refractivity contribution in [3.63, 3.8) is 0 Å². The molecule has 2 fully saturated rings. The predicted molar refractivity (Wildman–Crippen MR) is 111 cm³/mol. The van der Waals surface area contributed by atoms with Crippen LogP contribution >= 0.6 is 0 Å². The fourth-order valence-electron chi connectivity index (χ4n) is 4.12. The van der Waals surface area contributed by atoms with E-state index in [1.165, 1.54) is 0 Å². The van der Waals surface area contributed by atoms with E-state index in [2.05, 4.69) is 4.90 Å². The number of piperidine rings is 1. The van der Waals surface area contributed by atoms with E-state index in [1.54, 1.807) is 16.4 Å². The van der Waals surface area contributed by atoms with E-state index >= 15 is 0 Å². The van der Waals surface area contributed by atoms with Gasteiger partial charge < -0.3 is 4.90 Å². The van der Waals surface area contributed by atoms with Crippen LogP contribution in [0.2, 0.25) is 0 Å². The van der Waals surface area contributed by atoms with Gasteiger partial charge in [-0.2, -0.15) is 4.31 Å². The van der Waals surface area contributed by atoms with E-state index in [1.807, 2.05) is 37.8 Å². The molecule has 0 aromatic heterocycles. The summed E-state index contributed by atoms with van der Waals surface area (Å²) in [5.74, 6) is 0.162. The zero-order chi connectivity index (χ0) is 20.3. The molecule has 1 saturated carbocycles. The highest BCUT2D eigenvalue weighted by Gasteiger charge is 2.43. The quantitative estimate of drug-likeness (QED) is 0.664. The first-order valence-electron chi connectivity index (χ1n) is 10.5. The Morgan fingerprint density at radius 1 is 1.07 bits per heavy atom. The van der Waals surface area contributed by atoms with Gasteiger partial charge in [-0.1, -0.05) is 12.1 Å². The summed E-state index contributed by atoms with van der Waals surface area (Å²) in [7, 11) is -3.48. The highest BCUT2D eigenvalue weighted by molar-refractivity contribution is 7.89. The van der Waals surface area contributed by atoms with Crippen LogP contribution in [0.25, 0.3) is 0 Å². The van der Waals surface area contributed by atoms with Crippen LogP contribution in [0, 0.1) is 6.92 Å². The fourth-order valence-corrected chi connectivity index (χ4v) is 6.15. The molecule has 0 unspecified atom stereocenters. The van der Waals surface area contributed by atoms with Crippen LogP contribution in [0.5, 0.6) is 0 Å². The van der Waals surface area contributed by atoms with Crippen LogP contribution in [0.15, 0.2) is 29.2 Å². The molecule has 156 valence electrons. The second-order valence-electron chi connectivity index (χ2n) is 7.96. The molecular weight excluding hydrogens is 374 g/mol. The van der Waals surface area contributed by atoms with Gasteiger partial charge in [-0.15, -0.1) is 0 Å². The molecule has 1 heterocycles. The lowest BCUT2D eigenvalue weighted by atomic mass is 10.0. The summed E-state index contributed by atoms with van der Waals surface area (Å²) in [6, 6.07) is 7.37. The molecule has 0 spiro atoms. The van der Waals surface area contributed by atoms with Crippen LogP contribution in [0.1, 0.15) is 45.1 Å². The van der Waals surface area contributed by atoms with Gasteiger partial charge in [0.15, 0.2) is 0 Å². The number of hydrogen-bond donors (Lipinski definition) is 0. The summed E-state index contributed by atoms with van der Waals surface area (Å²) in [5, 5.41) is 0. The van der Waals surface area contributed by atoms with Gasteiger partial charge in [0, 0.05) is 38.3 Å². The molecular formula is C21H33N3O3S. The normalized spacial score (nSPS) is 19.1. The Balaban J connectivity index is 1.67. The minimum atomic E-state index is -3.48. The van der Waals surface area contributed by atoms with Gasteiger partial charge in [0.2, 0.25) is 15.9 Å². The Kier molecular flexibility index (Phi) is 6.78. The van der Waals surface area contributed by atoms with Gasteiger partial charge >= 0.3 is 0 Å². The summed E-state index contributed by atoms with van der Waals surface area (Å²) in [6.07, 6.45) is 3.47. The molecule has 1 aromatic rings. The number of carbonyl (C=O) groups excluding carboxylic acids is 1. The van der Waals surface area contributed by atoms with Crippen LogP contribution < -0.4 is 0 Å². The maximum Gasteiger partial charge on any atom is 0.243 e. The molecule has 1 aliphatic heterocycles.